The molecule has 2 aliphatic rings. The molecule has 1 amide bonds. The lowest BCUT2D eigenvalue weighted by Gasteiger charge is -2.15. The minimum atomic E-state index is 0.0559. The maximum atomic E-state index is 11.4. The van der Waals surface area contributed by atoms with Crippen LogP contribution in [0.4, 0.5) is 5.69 Å². The molecular formula is C17H16N4OS2. The van der Waals surface area contributed by atoms with Crippen molar-refractivity contribution < 1.29 is 4.79 Å². The molecule has 7 heteroatoms. The van der Waals surface area contributed by atoms with Crippen LogP contribution in [0.15, 0.2) is 45.8 Å². The Bertz CT molecular complexity index is 827. The van der Waals surface area contributed by atoms with Crippen LogP contribution in [0.3, 0.4) is 0 Å². The molecule has 122 valence electrons. The molecule has 0 aliphatic carbocycles. The normalized spacial score (nSPS) is 18.1. The zero-order valence-corrected chi connectivity index (χ0v) is 14.5. The first-order valence-corrected chi connectivity index (χ1v) is 9.60. The number of amidine groups is 1. The summed E-state index contributed by atoms with van der Waals surface area (Å²) >= 11 is 3.43. The van der Waals surface area contributed by atoms with Gasteiger partial charge in [0.25, 0.3) is 0 Å². The van der Waals surface area contributed by atoms with Crippen LogP contribution >= 0.6 is 23.1 Å². The topological polar surface area (TPSA) is 65.8 Å². The molecule has 2 aliphatic heterocycles. The van der Waals surface area contributed by atoms with Crippen LogP contribution in [-0.4, -0.2) is 29.1 Å². The summed E-state index contributed by atoms with van der Waals surface area (Å²) in [6.45, 7) is 0.771. The number of aliphatic imine (C=N–C) groups is 1. The van der Waals surface area contributed by atoms with Crippen molar-refractivity contribution in [3.8, 4) is 0 Å². The maximum absolute atomic E-state index is 11.4. The molecule has 24 heavy (non-hydrogen) atoms. The highest BCUT2D eigenvalue weighted by molar-refractivity contribution is 8.14. The number of thiophene rings is 1. The van der Waals surface area contributed by atoms with Crippen LogP contribution in [0.1, 0.15) is 16.0 Å². The van der Waals surface area contributed by atoms with Gasteiger partial charge in [-0.1, -0.05) is 23.9 Å². The Labute approximate surface area is 148 Å². The zero-order valence-electron chi connectivity index (χ0n) is 12.9. The third-order valence-electron chi connectivity index (χ3n) is 3.89. The Hall–Kier alpha value is -2.12. The predicted molar refractivity (Wildman–Crippen MR) is 101 cm³/mol. The van der Waals surface area contributed by atoms with E-state index in [1.54, 1.807) is 23.1 Å². The molecule has 1 aromatic carbocycles. The van der Waals surface area contributed by atoms with Crippen LogP contribution in [0.2, 0.25) is 0 Å². The summed E-state index contributed by atoms with van der Waals surface area (Å²) in [5.74, 6) is 0.839. The summed E-state index contributed by atoms with van der Waals surface area (Å²) in [5.41, 5.74) is 7.05. The number of nitrogens with zero attached hydrogens (tertiary/aromatic N) is 2. The second kappa shape index (κ2) is 6.78. The van der Waals surface area contributed by atoms with Gasteiger partial charge in [-0.25, -0.2) is 0 Å². The molecule has 0 saturated carbocycles. The van der Waals surface area contributed by atoms with E-state index in [0.717, 1.165) is 46.4 Å². The van der Waals surface area contributed by atoms with Gasteiger partial charge < -0.3 is 5.32 Å². The van der Waals surface area contributed by atoms with E-state index >= 15 is 0 Å². The van der Waals surface area contributed by atoms with Gasteiger partial charge in [-0.2, -0.15) is 5.10 Å². The van der Waals surface area contributed by atoms with Gasteiger partial charge in [-0.15, -0.1) is 11.3 Å². The standard InChI is InChI=1S/C17H16N4OS2/c22-16-9-12-8-11(3-4-14(12)19-16)15-10-24-17(21-20-15)18-6-5-13-2-1-7-23-13/h1-4,7-8H,5-6,9-10H2,(H,18,21)(H,19,22). The summed E-state index contributed by atoms with van der Waals surface area (Å²) in [4.78, 5) is 17.4. The van der Waals surface area contributed by atoms with E-state index in [0.29, 0.717) is 6.42 Å². The van der Waals surface area contributed by atoms with Crippen molar-refractivity contribution in [1.29, 1.82) is 0 Å². The van der Waals surface area contributed by atoms with Crippen LogP contribution in [0.25, 0.3) is 0 Å². The number of carbonyl (C=O) groups excluding carboxylic acids is 1. The summed E-state index contributed by atoms with van der Waals surface area (Å²) in [6, 6.07) is 10.2. The lowest BCUT2D eigenvalue weighted by atomic mass is 10.1. The molecule has 0 saturated heterocycles. The van der Waals surface area contributed by atoms with Crippen molar-refractivity contribution in [3.63, 3.8) is 0 Å². The fourth-order valence-corrected chi connectivity index (χ4v) is 4.17. The van der Waals surface area contributed by atoms with Crippen molar-refractivity contribution in [3.05, 3.63) is 51.7 Å². The van der Waals surface area contributed by atoms with E-state index in [4.69, 9.17) is 0 Å². The van der Waals surface area contributed by atoms with Crippen LogP contribution < -0.4 is 10.7 Å². The number of carbonyl (C=O) groups is 1. The lowest BCUT2D eigenvalue weighted by molar-refractivity contribution is -0.115. The highest BCUT2D eigenvalue weighted by Crippen LogP contribution is 2.25. The number of hydrogen-bond acceptors (Lipinski definition) is 5. The first-order valence-electron chi connectivity index (χ1n) is 7.73. The molecule has 3 heterocycles. The smallest absolute Gasteiger partial charge is 0.228 e. The number of benzene rings is 1. The van der Waals surface area contributed by atoms with Crippen LogP contribution in [-0.2, 0) is 17.6 Å². The molecule has 0 unspecified atom stereocenters. The molecule has 4 rings (SSSR count). The third kappa shape index (κ3) is 3.37. The van der Waals surface area contributed by atoms with E-state index in [2.05, 4.69) is 38.3 Å². The number of rotatable bonds is 4. The molecule has 5 nitrogen and oxygen atoms in total. The van der Waals surface area contributed by atoms with E-state index in [1.165, 1.54) is 4.88 Å². The van der Waals surface area contributed by atoms with E-state index in [-0.39, 0.29) is 5.91 Å². The van der Waals surface area contributed by atoms with Crippen molar-refractivity contribution in [1.82, 2.24) is 5.43 Å². The number of thioether (sulfide) groups is 1. The Morgan fingerprint density at radius 3 is 3.04 bits per heavy atom. The van der Waals surface area contributed by atoms with Crippen molar-refractivity contribution >= 4 is 45.6 Å². The number of nitrogens with one attached hydrogen (secondary N) is 2. The Morgan fingerprint density at radius 1 is 1.29 bits per heavy atom. The zero-order chi connectivity index (χ0) is 16.4. The highest BCUT2D eigenvalue weighted by Gasteiger charge is 2.20. The second-order valence-electron chi connectivity index (χ2n) is 5.57. The van der Waals surface area contributed by atoms with Crippen molar-refractivity contribution in [2.24, 2.45) is 10.1 Å². The number of hydrogen-bond donors (Lipinski definition) is 2. The van der Waals surface area contributed by atoms with Gasteiger partial charge in [0.15, 0.2) is 5.17 Å². The fourth-order valence-electron chi connectivity index (χ4n) is 2.68. The Balaban J connectivity index is 1.39. The van der Waals surface area contributed by atoms with E-state index in [9.17, 15) is 4.79 Å². The number of amides is 1. The average Bonchev–Trinajstić information content (AvgIpc) is 3.23. The van der Waals surface area contributed by atoms with Crippen molar-refractivity contribution in [2.75, 3.05) is 17.6 Å². The first kappa shape index (κ1) is 15.4. The Kier molecular flexibility index (Phi) is 4.36. The van der Waals surface area contributed by atoms with Gasteiger partial charge >= 0.3 is 0 Å². The maximum Gasteiger partial charge on any atom is 0.228 e. The molecule has 2 N–H and O–H groups in total. The number of hydrazone groups is 1. The summed E-state index contributed by atoms with van der Waals surface area (Å²) in [5, 5.41) is 10.3. The van der Waals surface area contributed by atoms with Gasteiger partial charge in [0.1, 0.15) is 0 Å². The minimum absolute atomic E-state index is 0.0559. The lowest BCUT2D eigenvalue weighted by Crippen LogP contribution is -2.25. The molecule has 0 atom stereocenters. The molecule has 0 bridgehead atoms. The second-order valence-corrected chi connectivity index (χ2v) is 7.57. The van der Waals surface area contributed by atoms with Gasteiger partial charge in [0, 0.05) is 29.3 Å². The molecule has 0 radical (unpaired) electrons. The number of anilines is 1. The summed E-state index contributed by atoms with van der Waals surface area (Å²) < 4.78 is 0. The quantitative estimate of drug-likeness (QED) is 0.885. The average molecular weight is 356 g/mol. The van der Waals surface area contributed by atoms with Gasteiger partial charge in [0.05, 0.1) is 12.1 Å². The SMILES string of the molecule is O=C1Cc2cc(C3=NNC(=NCCc4cccs4)SC3)ccc2N1. The molecule has 1 aromatic heterocycles. The fraction of sp³-hybridized carbons (Fsp3) is 0.235. The van der Waals surface area contributed by atoms with Crippen LogP contribution in [0, 0.1) is 0 Å². The van der Waals surface area contributed by atoms with Gasteiger partial charge in [-0.3, -0.25) is 15.2 Å². The van der Waals surface area contributed by atoms with E-state index in [1.807, 2.05) is 18.2 Å². The summed E-state index contributed by atoms with van der Waals surface area (Å²) in [6.07, 6.45) is 1.41. The van der Waals surface area contributed by atoms with Crippen molar-refractivity contribution in [2.45, 2.75) is 12.8 Å². The first-order chi connectivity index (χ1) is 11.8. The monoisotopic (exact) mass is 356 g/mol. The highest BCUT2D eigenvalue weighted by atomic mass is 32.2. The Morgan fingerprint density at radius 2 is 2.25 bits per heavy atom. The van der Waals surface area contributed by atoms with Crippen LogP contribution in [0.5, 0.6) is 0 Å². The van der Waals surface area contributed by atoms with E-state index < -0.39 is 0 Å². The third-order valence-corrected chi connectivity index (χ3v) is 5.74. The number of fused-ring (bicyclic) bond motifs is 1. The summed E-state index contributed by atoms with van der Waals surface area (Å²) in [7, 11) is 0. The molecular weight excluding hydrogens is 340 g/mol. The molecule has 0 fully saturated rings. The minimum Gasteiger partial charge on any atom is -0.326 e. The van der Waals surface area contributed by atoms with Gasteiger partial charge in [-0.05, 0) is 34.7 Å². The molecule has 0 spiro atoms. The predicted octanol–water partition coefficient (Wildman–Crippen LogP) is 2.88. The molecule has 2 aromatic rings. The largest absolute Gasteiger partial charge is 0.326 e. The van der Waals surface area contributed by atoms with Gasteiger partial charge in [0.2, 0.25) is 5.91 Å².